The average molecular weight is 605 g/mol. The van der Waals surface area contributed by atoms with E-state index in [0.29, 0.717) is 36.3 Å². The number of nitrogens with one attached hydrogen (secondary N) is 2. The van der Waals surface area contributed by atoms with Crippen LogP contribution in [0.1, 0.15) is 53.7 Å². The third kappa shape index (κ3) is 6.70. The van der Waals surface area contributed by atoms with Crippen LogP contribution in [0.15, 0.2) is 36.4 Å². The third-order valence-corrected chi connectivity index (χ3v) is 7.88. The summed E-state index contributed by atoms with van der Waals surface area (Å²) in [5.74, 6) is -0.00556. The van der Waals surface area contributed by atoms with E-state index < -0.39 is 6.04 Å². The summed E-state index contributed by atoms with van der Waals surface area (Å²) in [7, 11) is 0. The Kier molecular flexibility index (Phi) is 9.10. The van der Waals surface area contributed by atoms with Gasteiger partial charge in [0.1, 0.15) is 12.4 Å². The van der Waals surface area contributed by atoms with Crippen molar-refractivity contribution in [2.75, 3.05) is 13.1 Å². The molecule has 2 aliphatic rings. The number of hydrogen-bond donors (Lipinski definition) is 2. The van der Waals surface area contributed by atoms with Crippen molar-refractivity contribution in [2.24, 2.45) is 0 Å². The summed E-state index contributed by atoms with van der Waals surface area (Å²) < 4.78 is 13.2. The van der Waals surface area contributed by atoms with Crippen LogP contribution >= 0.6 is 22.6 Å². The summed E-state index contributed by atoms with van der Waals surface area (Å²) in [6.45, 7) is 7.52. The van der Waals surface area contributed by atoms with Crippen molar-refractivity contribution < 1.29 is 23.9 Å². The molecule has 0 aromatic heterocycles. The van der Waals surface area contributed by atoms with Crippen molar-refractivity contribution in [3.05, 3.63) is 62.2 Å². The van der Waals surface area contributed by atoms with Gasteiger partial charge in [0.2, 0.25) is 11.8 Å². The van der Waals surface area contributed by atoms with Gasteiger partial charge in [0, 0.05) is 52.9 Å². The molecular weight excluding hydrogens is 573 g/mol. The molecule has 0 spiro atoms. The zero-order valence-corrected chi connectivity index (χ0v) is 22.7. The number of ether oxygens (including phenoxy) is 2. The topological polar surface area (TPSA) is 97.0 Å². The summed E-state index contributed by atoms with van der Waals surface area (Å²) in [6, 6.07) is 11.1. The lowest BCUT2D eigenvalue weighted by Gasteiger charge is -2.35. The Morgan fingerprint density at radius 2 is 1.86 bits per heavy atom. The summed E-state index contributed by atoms with van der Waals surface area (Å²) in [5.41, 5.74) is 3.52. The number of benzene rings is 2. The molecule has 0 radical (unpaired) electrons. The minimum Gasteiger partial charge on any atom is -0.489 e. The number of piperidine rings is 1. The Balaban J connectivity index is 1.44. The standard InChI is InChI=1S/C27H32IN3O5/c1-17-12-31(13-18(2)36-17)14-19-5-3-7-21(26(19)28)16-35-24-8-4-6-20(15-32)22(24)11-29-23-9-10-25(33)30-27(23)34/h3-8,15,17-18,23,29H,9-14,16H2,1-2H3,(H,30,33,34). The molecule has 2 amide bonds. The molecule has 2 fully saturated rings. The van der Waals surface area contributed by atoms with E-state index >= 15 is 0 Å². The molecule has 2 heterocycles. The van der Waals surface area contributed by atoms with Gasteiger partial charge < -0.3 is 14.8 Å². The number of carbonyl (C=O) groups is 3. The summed E-state index contributed by atoms with van der Waals surface area (Å²) >= 11 is 2.38. The maximum absolute atomic E-state index is 12.1. The molecule has 9 heteroatoms. The van der Waals surface area contributed by atoms with Crippen LogP contribution in [0.4, 0.5) is 0 Å². The molecule has 2 saturated heterocycles. The average Bonchev–Trinajstić information content (AvgIpc) is 2.83. The van der Waals surface area contributed by atoms with Gasteiger partial charge in [-0.1, -0.05) is 30.3 Å². The number of rotatable bonds is 9. The maximum atomic E-state index is 12.1. The highest BCUT2D eigenvalue weighted by atomic mass is 127. The molecule has 0 bridgehead atoms. The number of hydrogen-bond acceptors (Lipinski definition) is 7. The Morgan fingerprint density at radius 3 is 2.58 bits per heavy atom. The zero-order valence-electron chi connectivity index (χ0n) is 20.6. The first-order valence-corrected chi connectivity index (χ1v) is 13.3. The predicted molar refractivity (Wildman–Crippen MR) is 144 cm³/mol. The molecule has 8 nitrogen and oxygen atoms in total. The van der Waals surface area contributed by atoms with Gasteiger partial charge in [-0.3, -0.25) is 24.6 Å². The van der Waals surface area contributed by atoms with Gasteiger partial charge in [0.15, 0.2) is 6.29 Å². The highest BCUT2D eigenvalue weighted by Crippen LogP contribution is 2.26. The van der Waals surface area contributed by atoms with Gasteiger partial charge in [-0.15, -0.1) is 0 Å². The molecule has 2 aromatic rings. The number of morpholine rings is 1. The van der Waals surface area contributed by atoms with Crippen molar-refractivity contribution in [1.29, 1.82) is 0 Å². The molecule has 0 saturated carbocycles. The van der Waals surface area contributed by atoms with E-state index in [1.807, 2.05) is 6.07 Å². The van der Waals surface area contributed by atoms with Gasteiger partial charge in [0.25, 0.3) is 0 Å². The number of carbonyl (C=O) groups excluding carboxylic acids is 3. The lowest BCUT2D eigenvalue weighted by Crippen LogP contribution is -2.50. The van der Waals surface area contributed by atoms with Crippen LogP contribution in [-0.4, -0.2) is 54.3 Å². The summed E-state index contributed by atoms with van der Waals surface area (Å²) in [5, 5.41) is 5.52. The minimum atomic E-state index is -0.487. The van der Waals surface area contributed by atoms with Crippen LogP contribution in [0.5, 0.6) is 5.75 Å². The van der Waals surface area contributed by atoms with E-state index in [-0.39, 0.29) is 30.6 Å². The smallest absolute Gasteiger partial charge is 0.243 e. The Morgan fingerprint density at radius 1 is 1.14 bits per heavy atom. The second kappa shape index (κ2) is 12.3. The number of aldehydes is 1. The Labute approximate surface area is 225 Å². The monoisotopic (exact) mass is 605 g/mol. The molecule has 2 aliphatic heterocycles. The van der Waals surface area contributed by atoms with Crippen molar-refractivity contribution in [3.63, 3.8) is 0 Å². The van der Waals surface area contributed by atoms with Crippen molar-refractivity contribution in [1.82, 2.24) is 15.5 Å². The van der Waals surface area contributed by atoms with Crippen LogP contribution in [0, 0.1) is 3.57 Å². The molecule has 0 aliphatic carbocycles. The lowest BCUT2D eigenvalue weighted by molar-refractivity contribution is -0.134. The molecule has 4 rings (SSSR count). The lowest BCUT2D eigenvalue weighted by atomic mass is 10.0. The van der Waals surface area contributed by atoms with Gasteiger partial charge in [-0.05, 0) is 54.5 Å². The molecule has 3 atom stereocenters. The molecule has 2 aromatic carbocycles. The fourth-order valence-electron chi connectivity index (χ4n) is 4.81. The van der Waals surface area contributed by atoms with Crippen LogP contribution < -0.4 is 15.4 Å². The first-order valence-electron chi connectivity index (χ1n) is 12.2. The highest BCUT2D eigenvalue weighted by Gasteiger charge is 2.27. The molecule has 2 N–H and O–H groups in total. The highest BCUT2D eigenvalue weighted by molar-refractivity contribution is 14.1. The predicted octanol–water partition coefficient (Wildman–Crippen LogP) is 3.19. The molecule has 3 unspecified atom stereocenters. The first kappa shape index (κ1) is 26.7. The Hall–Kier alpha value is -2.34. The van der Waals surface area contributed by atoms with E-state index in [1.54, 1.807) is 12.1 Å². The summed E-state index contributed by atoms with van der Waals surface area (Å²) in [4.78, 5) is 37.7. The third-order valence-electron chi connectivity index (χ3n) is 6.49. The van der Waals surface area contributed by atoms with Gasteiger partial charge >= 0.3 is 0 Å². The van der Waals surface area contributed by atoms with Crippen molar-refractivity contribution in [2.45, 2.75) is 64.6 Å². The first-order chi connectivity index (χ1) is 17.3. The summed E-state index contributed by atoms with van der Waals surface area (Å²) in [6.07, 6.45) is 1.95. The second-order valence-electron chi connectivity index (χ2n) is 9.46. The fraction of sp³-hybridized carbons (Fsp3) is 0.444. The largest absolute Gasteiger partial charge is 0.489 e. The Bertz CT molecular complexity index is 1110. The second-order valence-corrected chi connectivity index (χ2v) is 10.5. The van der Waals surface area contributed by atoms with Gasteiger partial charge in [-0.25, -0.2) is 0 Å². The van der Waals surface area contributed by atoms with Crippen molar-refractivity contribution >= 4 is 40.7 Å². The number of nitrogens with zero attached hydrogens (tertiary/aromatic N) is 1. The maximum Gasteiger partial charge on any atom is 0.243 e. The molecule has 192 valence electrons. The van der Waals surface area contributed by atoms with E-state index in [2.05, 4.69) is 70.2 Å². The molecule has 36 heavy (non-hydrogen) atoms. The molecular formula is C27H32IN3O5. The normalized spacial score (nSPS) is 22.8. The van der Waals surface area contributed by atoms with Crippen LogP contribution in [0.2, 0.25) is 0 Å². The van der Waals surface area contributed by atoms with Crippen molar-refractivity contribution in [3.8, 4) is 5.75 Å². The van der Waals surface area contributed by atoms with E-state index in [1.165, 1.54) is 5.56 Å². The van der Waals surface area contributed by atoms with E-state index in [0.717, 1.165) is 35.1 Å². The number of amides is 2. The van der Waals surface area contributed by atoms with Crippen LogP contribution in [0.25, 0.3) is 0 Å². The van der Waals surface area contributed by atoms with Gasteiger partial charge in [0.05, 0.1) is 18.2 Å². The van der Waals surface area contributed by atoms with E-state index in [9.17, 15) is 14.4 Å². The fourth-order valence-corrected chi connectivity index (χ4v) is 5.49. The quantitative estimate of drug-likeness (QED) is 0.258. The van der Waals surface area contributed by atoms with Crippen LogP contribution in [-0.2, 0) is 34.0 Å². The van der Waals surface area contributed by atoms with E-state index in [4.69, 9.17) is 9.47 Å². The minimum absolute atomic E-state index is 0.218. The van der Waals surface area contributed by atoms with Crippen LogP contribution in [0.3, 0.4) is 0 Å². The zero-order chi connectivity index (χ0) is 25.7. The SMILES string of the molecule is CC1CN(Cc2cccc(COc3cccc(C=O)c3CNC3CCC(=O)NC3=O)c2I)CC(C)O1. The number of halogens is 1. The number of imide groups is 1. The van der Waals surface area contributed by atoms with Gasteiger partial charge in [-0.2, -0.15) is 0 Å².